The zero-order chi connectivity index (χ0) is 21.9. The largest absolute Gasteiger partial charge is 0.375 e. The molecular weight excluding hydrogens is 400 g/mol. The van der Waals surface area contributed by atoms with Crippen LogP contribution in [-0.4, -0.2) is 52.1 Å². The standard InChI is InChI=1S/C26H26N4O2/c1-32-18-25(31)29-14-12-19(16-29)17-30-24-11-13-27-15-23(24)28-26(30)22-9-7-21(8-10-22)20-5-3-2-4-6-20/h2-11,13,15,19H,12,14,16-18H2,1H3/t19-/m0/s1. The van der Waals surface area contributed by atoms with Crippen molar-refractivity contribution in [3.63, 3.8) is 0 Å². The number of benzene rings is 2. The first-order valence-corrected chi connectivity index (χ1v) is 11.0. The maximum absolute atomic E-state index is 12.2. The van der Waals surface area contributed by atoms with Gasteiger partial charge in [-0.05, 0) is 29.5 Å². The molecular formula is C26H26N4O2. The molecule has 0 bridgehead atoms. The van der Waals surface area contributed by atoms with Gasteiger partial charge in [0, 0.05) is 38.5 Å². The van der Waals surface area contributed by atoms with Crippen molar-refractivity contribution in [2.45, 2.75) is 13.0 Å². The molecule has 1 fully saturated rings. The molecule has 2 aromatic heterocycles. The van der Waals surface area contributed by atoms with Crippen LogP contribution in [0.15, 0.2) is 73.1 Å². The Balaban J connectivity index is 1.44. The predicted molar refractivity (Wildman–Crippen MR) is 125 cm³/mol. The highest BCUT2D eigenvalue weighted by atomic mass is 16.5. The highest BCUT2D eigenvalue weighted by Crippen LogP contribution is 2.29. The smallest absolute Gasteiger partial charge is 0.248 e. The number of ether oxygens (including phenoxy) is 1. The fourth-order valence-corrected chi connectivity index (χ4v) is 4.51. The molecule has 0 unspecified atom stereocenters. The number of methoxy groups -OCH3 is 1. The van der Waals surface area contributed by atoms with E-state index < -0.39 is 0 Å². The summed E-state index contributed by atoms with van der Waals surface area (Å²) in [6.07, 6.45) is 4.61. The van der Waals surface area contributed by atoms with E-state index in [4.69, 9.17) is 9.72 Å². The topological polar surface area (TPSA) is 60.2 Å². The van der Waals surface area contributed by atoms with E-state index >= 15 is 0 Å². The number of nitrogens with zero attached hydrogens (tertiary/aromatic N) is 4. The molecule has 0 radical (unpaired) electrons. The number of rotatable bonds is 6. The SMILES string of the molecule is COCC(=O)N1CC[C@H](Cn2c(-c3ccc(-c4ccccc4)cc3)nc3cnccc32)C1. The van der Waals surface area contributed by atoms with E-state index in [1.54, 1.807) is 7.11 Å². The summed E-state index contributed by atoms with van der Waals surface area (Å²) in [6, 6.07) is 21.0. The summed E-state index contributed by atoms with van der Waals surface area (Å²) in [6.45, 7) is 2.49. The lowest BCUT2D eigenvalue weighted by Gasteiger charge is -2.17. The summed E-state index contributed by atoms with van der Waals surface area (Å²) in [5.41, 5.74) is 5.42. The number of hydrogen-bond acceptors (Lipinski definition) is 4. The summed E-state index contributed by atoms with van der Waals surface area (Å²) in [7, 11) is 1.56. The molecule has 1 saturated heterocycles. The van der Waals surface area contributed by atoms with Crippen LogP contribution in [-0.2, 0) is 16.1 Å². The minimum Gasteiger partial charge on any atom is -0.375 e. The number of likely N-dealkylation sites (tertiary alicyclic amines) is 1. The van der Waals surface area contributed by atoms with Gasteiger partial charge in [-0.25, -0.2) is 4.98 Å². The third-order valence-electron chi connectivity index (χ3n) is 6.15. The molecule has 6 nitrogen and oxygen atoms in total. The van der Waals surface area contributed by atoms with E-state index in [2.05, 4.69) is 58.1 Å². The van der Waals surface area contributed by atoms with Gasteiger partial charge in [-0.1, -0.05) is 54.6 Å². The molecule has 2 aromatic carbocycles. The lowest BCUT2D eigenvalue weighted by atomic mass is 10.0. The number of carbonyl (C=O) groups excluding carboxylic acids is 1. The van der Waals surface area contributed by atoms with E-state index in [1.807, 2.05) is 29.4 Å². The molecule has 0 N–H and O–H groups in total. The van der Waals surface area contributed by atoms with Crippen molar-refractivity contribution in [3.05, 3.63) is 73.1 Å². The summed E-state index contributed by atoms with van der Waals surface area (Å²) in [4.78, 5) is 23.3. The fraction of sp³-hybridized carbons (Fsp3) is 0.269. The Morgan fingerprint density at radius 3 is 2.56 bits per heavy atom. The second-order valence-corrected chi connectivity index (χ2v) is 8.28. The molecule has 1 aliphatic rings. The Morgan fingerprint density at radius 2 is 1.78 bits per heavy atom. The van der Waals surface area contributed by atoms with E-state index in [1.165, 1.54) is 11.1 Å². The van der Waals surface area contributed by atoms with Crippen molar-refractivity contribution >= 4 is 16.9 Å². The highest BCUT2D eigenvalue weighted by Gasteiger charge is 2.27. The Kier molecular flexibility index (Phi) is 5.69. The van der Waals surface area contributed by atoms with Crippen molar-refractivity contribution in [1.29, 1.82) is 0 Å². The van der Waals surface area contributed by atoms with Crippen molar-refractivity contribution in [3.8, 4) is 22.5 Å². The Hall–Kier alpha value is -3.51. The van der Waals surface area contributed by atoms with E-state index in [0.29, 0.717) is 5.92 Å². The Morgan fingerprint density at radius 1 is 1.03 bits per heavy atom. The van der Waals surface area contributed by atoms with Gasteiger partial charge in [0.1, 0.15) is 17.9 Å². The highest BCUT2D eigenvalue weighted by molar-refractivity contribution is 5.80. The normalized spacial score (nSPS) is 16.0. The quantitative estimate of drug-likeness (QED) is 0.462. The molecule has 0 spiro atoms. The van der Waals surface area contributed by atoms with E-state index in [0.717, 1.165) is 48.5 Å². The van der Waals surface area contributed by atoms with Crippen LogP contribution in [0.2, 0.25) is 0 Å². The van der Waals surface area contributed by atoms with Crippen molar-refractivity contribution < 1.29 is 9.53 Å². The number of hydrogen-bond donors (Lipinski definition) is 0. The second kappa shape index (κ2) is 8.93. The Labute approximate surface area is 187 Å². The van der Waals surface area contributed by atoms with Gasteiger partial charge in [0.2, 0.25) is 5.91 Å². The molecule has 5 rings (SSSR count). The van der Waals surface area contributed by atoms with Crippen LogP contribution in [0, 0.1) is 5.92 Å². The Bertz CT molecular complexity index is 1220. The molecule has 162 valence electrons. The summed E-state index contributed by atoms with van der Waals surface area (Å²) < 4.78 is 7.30. The summed E-state index contributed by atoms with van der Waals surface area (Å²) >= 11 is 0. The molecule has 32 heavy (non-hydrogen) atoms. The minimum atomic E-state index is 0.0615. The van der Waals surface area contributed by atoms with Gasteiger partial charge >= 0.3 is 0 Å². The number of pyridine rings is 1. The van der Waals surface area contributed by atoms with Crippen LogP contribution >= 0.6 is 0 Å². The monoisotopic (exact) mass is 426 g/mol. The first-order chi connectivity index (χ1) is 15.7. The first kappa shape index (κ1) is 20.4. The van der Waals surface area contributed by atoms with Crippen LogP contribution in [0.25, 0.3) is 33.5 Å². The van der Waals surface area contributed by atoms with Crippen LogP contribution < -0.4 is 0 Å². The van der Waals surface area contributed by atoms with Crippen molar-refractivity contribution in [2.24, 2.45) is 5.92 Å². The van der Waals surface area contributed by atoms with E-state index in [9.17, 15) is 4.79 Å². The maximum atomic E-state index is 12.2. The first-order valence-electron chi connectivity index (χ1n) is 11.0. The van der Waals surface area contributed by atoms with Crippen LogP contribution in [0.5, 0.6) is 0 Å². The molecule has 6 heteroatoms. The maximum Gasteiger partial charge on any atom is 0.248 e. The zero-order valence-corrected chi connectivity index (χ0v) is 18.1. The zero-order valence-electron chi connectivity index (χ0n) is 18.1. The van der Waals surface area contributed by atoms with Gasteiger partial charge in [-0.15, -0.1) is 0 Å². The number of imidazole rings is 1. The van der Waals surface area contributed by atoms with Gasteiger partial charge in [-0.2, -0.15) is 0 Å². The van der Waals surface area contributed by atoms with Crippen molar-refractivity contribution in [1.82, 2.24) is 19.4 Å². The predicted octanol–water partition coefficient (Wildman–Crippen LogP) is 4.26. The fourth-order valence-electron chi connectivity index (χ4n) is 4.51. The third kappa shape index (κ3) is 4.01. The molecule has 1 atom stereocenters. The minimum absolute atomic E-state index is 0.0615. The van der Waals surface area contributed by atoms with Gasteiger partial charge < -0.3 is 14.2 Å². The number of amides is 1. The molecule has 1 aliphatic heterocycles. The van der Waals surface area contributed by atoms with E-state index in [-0.39, 0.29) is 12.5 Å². The van der Waals surface area contributed by atoms with Gasteiger partial charge in [-0.3, -0.25) is 9.78 Å². The van der Waals surface area contributed by atoms with Crippen LogP contribution in [0.1, 0.15) is 6.42 Å². The lowest BCUT2D eigenvalue weighted by molar-refractivity contribution is -0.134. The average molecular weight is 427 g/mol. The number of carbonyl (C=O) groups is 1. The summed E-state index contributed by atoms with van der Waals surface area (Å²) in [5, 5.41) is 0. The number of aromatic nitrogens is 3. The van der Waals surface area contributed by atoms with Gasteiger partial charge in [0.15, 0.2) is 0 Å². The number of fused-ring (bicyclic) bond motifs is 1. The van der Waals surface area contributed by atoms with Crippen LogP contribution in [0.3, 0.4) is 0 Å². The molecule has 0 aliphatic carbocycles. The molecule has 0 saturated carbocycles. The second-order valence-electron chi connectivity index (χ2n) is 8.28. The van der Waals surface area contributed by atoms with Crippen molar-refractivity contribution in [2.75, 3.05) is 26.8 Å². The molecule has 3 heterocycles. The lowest BCUT2D eigenvalue weighted by Crippen LogP contribution is -2.32. The molecule has 1 amide bonds. The third-order valence-corrected chi connectivity index (χ3v) is 6.15. The summed E-state index contributed by atoms with van der Waals surface area (Å²) in [5.74, 6) is 1.38. The van der Waals surface area contributed by atoms with Gasteiger partial charge in [0.05, 0.1) is 11.7 Å². The average Bonchev–Trinajstić information content (AvgIpc) is 3.46. The van der Waals surface area contributed by atoms with Gasteiger partial charge in [0.25, 0.3) is 0 Å². The van der Waals surface area contributed by atoms with Crippen LogP contribution in [0.4, 0.5) is 0 Å². The molecule has 4 aromatic rings.